The van der Waals surface area contributed by atoms with Crippen LogP contribution >= 0.6 is 0 Å². The SMILES string of the molecule is C1CC2(CCO1)CC(N1C[C@H]3CNC[C@H]3C1)CCO2. The molecular formula is C15H26N2O2. The van der Waals surface area contributed by atoms with Crippen molar-refractivity contribution in [3.05, 3.63) is 0 Å². The molecule has 3 atom stereocenters. The summed E-state index contributed by atoms with van der Waals surface area (Å²) in [6.07, 6.45) is 4.68. The van der Waals surface area contributed by atoms with Gasteiger partial charge < -0.3 is 14.8 Å². The third kappa shape index (κ3) is 2.33. The van der Waals surface area contributed by atoms with E-state index in [1.807, 2.05) is 0 Å². The van der Waals surface area contributed by atoms with E-state index in [0.29, 0.717) is 0 Å². The zero-order chi connectivity index (χ0) is 12.7. The first-order valence-corrected chi connectivity index (χ1v) is 8.01. The molecular weight excluding hydrogens is 240 g/mol. The lowest BCUT2D eigenvalue weighted by Crippen LogP contribution is -2.51. The van der Waals surface area contributed by atoms with Crippen LogP contribution in [0.3, 0.4) is 0 Å². The summed E-state index contributed by atoms with van der Waals surface area (Å²) in [7, 11) is 0. The first-order chi connectivity index (χ1) is 9.35. The van der Waals surface area contributed by atoms with Crippen LogP contribution in [0.4, 0.5) is 0 Å². The fourth-order valence-electron chi connectivity index (χ4n) is 4.60. The second kappa shape index (κ2) is 4.99. The highest BCUT2D eigenvalue weighted by atomic mass is 16.5. The fourth-order valence-corrected chi connectivity index (χ4v) is 4.60. The molecule has 4 aliphatic rings. The molecule has 1 unspecified atom stereocenters. The van der Waals surface area contributed by atoms with E-state index in [1.165, 1.54) is 39.0 Å². The van der Waals surface area contributed by atoms with Crippen LogP contribution in [0.15, 0.2) is 0 Å². The number of hydrogen-bond donors (Lipinski definition) is 1. The van der Waals surface area contributed by atoms with Crippen LogP contribution < -0.4 is 5.32 Å². The topological polar surface area (TPSA) is 33.7 Å². The van der Waals surface area contributed by atoms with Gasteiger partial charge in [0.05, 0.1) is 5.60 Å². The summed E-state index contributed by atoms with van der Waals surface area (Å²) < 4.78 is 11.7. The molecule has 4 heteroatoms. The predicted octanol–water partition coefficient (Wildman–Crippen LogP) is 0.866. The van der Waals surface area contributed by atoms with Crippen molar-refractivity contribution >= 4 is 0 Å². The van der Waals surface area contributed by atoms with Crippen molar-refractivity contribution in [1.29, 1.82) is 0 Å². The Kier molecular flexibility index (Phi) is 3.30. The Morgan fingerprint density at radius 2 is 1.74 bits per heavy atom. The summed E-state index contributed by atoms with van der Waals surface area (Å²) in [5.74, 6) is 1.82. The smallest absolute Gasteiger partial charge is 0.0741 e. The molecule has 19 heavy (non-hydrogen) atoms. The van der Waals surface area contributed by atoms with Crippen LogP contribution in [-0.4, -0.2) is 62.5 Å². The average molecular weight is 266 g/mol. The Morgan fingerprint density at radius 3 is 2.47 bits per heavy atom. The van der Waals surface area contributed by atoms with Crippen LogP contribution in [0.1, 0.15) is 25.7 Å². The second-order valence-electron chi connectivity index (χ2n) is 6.92. The summed E-state index contributed by atoms with van der Waals surface area (Å²) in [5, 5.41) is 3.54. The van der Waals surface area contributed by atoms with Gasteiger partial charge in [0.15, 0.2) is 0 Å². The average Bonchev–Trinajstić information content (AvgIpc) is 3.00. The molecule has 1 spiro atoms. The third-order valence-corrected chi connectivity index (χ3v) is 5.81. The van der Waals surface area contributed by atoms with Crippen molar-refractivity contribution < 1.29 is 9.47 Å². The number of nitrogens with zero attached hydrogens (tertiary/aromatic N) is 1. The molecule has 0 aromatic carbocycles. The van der Waals surface area contributed by atoms with Crippen LogP contribution in [0.25, 0.3) is 0 Å². The summed E-state index contributed by atoms with van der Waals surface area (Å²) in [4.78, 5) is 2.77. The molecule has 0 radical (unpaired) electrons. The normalized spacial score (nSPS) is 42.6. The summed E-state index contributed by atoms with van der Waals surface area (Å²) in [6, 6.07) is 0.762. The first kappa shape index (κ1) is 12.6. The third-order valence-electron chi connectivity index (χ3n) is 5.81. The number of fused-ring (bicyclic) bond motifs is 1. The quantitative estimate of drug-likeness (QED) is 0.763. The monoisotopic (exact) mass is 266 g/mol. The second-order valence-corrected chi connectivity index (χ2v) is 6.92. The van der Waals surface area contributed by atoms with E-state index in [-0.39, 0.29) is 5.60 Å². The van der Waals surface area contributed by atoms with Gasteiger partial charge in [-0.1, -0.05) is 0 Å². The Labute approximate surface area is 115 Å². The number of hydrogen-bond acceptors (Lipinski definition) is 4. The van der Waals surface area contributed by atoms with Crippen molar-refractivity contribution in [3.63, 3.8) is 0 Å². The minimum Gasteiger partial charge on any atom is -0.381 e. The van der Waals surface area contributed by atoms with E-state index in [1.54, 1.807) is 0 Å². The largest absolute Gasteiger partial charge is 0.381 e. The lowest BCUT2D eigenvalue weighted by atomic mass is 9.83. The first-order valence-electron chi connectivity index (χ1n) is 8.01. The summed E-state index contributed by atoms with van der Waals surface area (Å²) in [6.45, 7) is 7.84. The van der Waals surface area contributed by atoms with Crippen LogP contribution in [-0.2, 0) is 9.47 Å². The number of likely N-dealkylation sites (tertiary alicyclic amines) is 1. The Bertz CT molecular complexity index is 313. The molecule has 1 N–H and O–H groups in total. The molecule has 0 bridgehead atoms. The maximum absolute atomic E-state index is 6.17. The highest BCUT2D eigenvalue weighted by Crippen LogP contribution is 2.38. The van der Waals surface area contributed by atoms with E-state index in [4.69, 9.17) is 9.47 Å². The van der Waals surface area contributed by atoms with Crippen molar-refractivity contribution in [2.75, 3.05) is 46.0 Å². The highest BCUT2D eigenvalue weighted by Gasteiger charge is 2.44. The zero-order valence-electron chi connectivity index (χ0n) is 11.8. The van der Waals surface area contributed by atoms with Gasteiger partial charge in [-0.3, -0.25) is 4.90 Å². The van der Waals surface area contributed by atoms with Gasteiger partial charge in [0.25, 0.3) is 0 Å². The van der Waals surface area contributed by atoms with Gasteiger partial charge in [-0.15, -0.1) is 0 Å². The molecule has 4 nitrogen and oxygen atoms in total. The predicted molar refractivity (Wildman–Crippen MR) is 73.2 cm³/mol. The van der Waals surface area contributed by atoms with Gasteiger partial charge in [-0.2, -0.15) is 0 Å². The Hall–Kier alpha value is -0.160. The van der Waals surface area contributed by atoms with Crippen molar-refractivity contribution in [2.24, 2.45) is 11.8 Å². The van der Waals surface area contributed by atoms with Gasteiger partial charge in [0, 0.05) is 39.0 Å². The van der Waals surface area contributed by atoms with Crippen molar-refractivity contribution in [3.8, 4) is 0 Å². The number of rotatable bonds is 1. The van der Waals surface area contributed by atoms with Crippen molar-refractivity contribution in [2.45, 2.75) is 37.3 Å². The molecule has 0 saturated carbocycles. The number of nitrogens with one attached hydrogen (secondary N) is 1. The standard InChI is InChI=1S/C15H26N2O2/c1-4-19-15(2-5-18-6-3-15)7-14(1)17-10-12-8-16-9-13(12)11-17/h12-14,16H,1-11H2/t12-,13+,14?. The van der Waals surface area contributed by atoms with Gasteiger partial charge >= 0.3 is 0 Å². The molecule has 4 aliphatic heterocycles. The maximum atomic E-state index is 6.17. The molecule has 0 aromatic rings. The van der Waals surface area contributed by atoms with E-state index in [9.17, 15) is 0 Å². The Balaban J connectivity index is 1.41. The van der Waals surface area contributed by atoms with Crippen molar-refractivity contribution in [1.82, 2.24) is 10.2 Å². The molecule has 4 saturated heterocycles. The van der Waals surface area contributed by atoms with Crippen LogP contribution in [0.2, 0.25) is 0 Å². The minimum absolute atomic E-state index is 0.150. The van der Waals surface area contributed by atoms with Gasteiger partial charge in [0.1, 0.15) is 0 Å². The van der Waals surface area contributed by atoms with Gasteiger partial charge in [-0.05, 0) is 50.6 Å². The maximum Gasteiger partial charge on any atom is 0.0741 e. The lowest BCUT2D eigenvalue weighted by Gasteiger charge is -2.45. The van der Waals surface area contributed by atoms with Crippen LogP contribution in [0.5, 0.6) is 0 Å². The summed E-state index contributed by atoms with van der Waals surface area (Å²) >= 11 is 0. The van der Waals surface area contributed by atoms with Gasteiger partial charge in [-0.25, -0.2) is 0 Å². The molecule has 4 heterocycles. The number of ether oxygens (including phenoxy) is 2. The Morgan fingerprint density at radius 1 is 1.00 bits per heavy atom. The fraction of sp³-hybridized carbons (Fsp3) is 1.00. The molecule has 0 aromatic heterocycles. The molecule has 4 rings (SSSR count). The molecule has 4 fully saturated rings. The highest BCUT2D eigenvalue weighted by molar-refractivity contribution is 4.98. The zero-order valence-corrected chi connectivity index (χ0v) is 11.8. The van der Waals surface area contributed by atoms with E-state index >= 15 is 0 Å². The molecule has 108 valence electrons. The van der Waals surface area contributed by atoms with Crippen LogP contribution in [0, 0.1) is 11.8 Å². The van der Waals surface area contributed by atoms with Gasteiger partial charge in [0.2, 0.25) is 0 Å². The van der Waals surface area contributed by atoms with E-state index < -0.39 is 0 Å². The lowest BCUT2D eigenvalue weighted by molar-refractivity contribution is -0.150. The minimum atomic E-state index is 0.150. The van der Waals surface area contributed by atoms with E-state index in [0.717, 1.165) is 50.5 Å². The molecule has 0 aliphatic carbocycles. The summed E-state index contributed by atoms with van der Waals surface area (Å²) in [5.41, 5.74) is 0.150. The molecule has 0 amide bonds. The van der Waals surface area contributed by atoms with E-state index in [2.05, 4.69) is 10.2 Å².